The monoisotopic (exact) mass is 244 g/mol. The molecule has 0 aromatic carbocycles. The number of rotatable bonds is 6. The summed E-state index contributed by atoms with van der Waals surface area (Å²) in [6, 6.07) is 3.63. The molecule has 0 amide bonds. The largest absolute Gasteiger partial charge is 0.382 e. The van der Waals surface area contributed by atoms with E-state index in [0.717, 1.165) is 11.5 Å². The number of hydrogen-bond acceptors (Lipinski definition) is 4. The number of pyridine rings is 1. The van der Waals surface area contributed by atoms with Gasteiger partial charge in [0.1, 0.15) is 5.82 Å². The van der Waals surface area contributed by atoms with Gasteiger partial charge in [0.15, 0.2) is 0 Å². The lowest BCUT2D eigenvalue weighted by Crippen LogP contribution is -2.15. The number of nitrogens with one attached hydrogen (secondary N) is 1. The van der Waals surface area contributed by atoms with Crippen LogP contribution in [0.15, 0.2) is 12.1 Å². The molecule has 90 valence electrons. The van der Waals surface area contributed by atoms with Gasteiger partial charge in [0, 0.05) is 14.2 Å². The van der Waals surface area contributed by atoms with Crippen molar-refractivity contribution in [1.29, 1.82) is 0 Å². The van der Waals surface area contributed by atoms with Gasteiger partial charge in [-0.25, -0.2) is 4.98 Å². The molecule has 16 heavy (non-hydrogen) atoms. The average molecular weight is 245 g/mol. The first-order chi connectivity index (χ1) is 7.67. The molecule has 1 heterocycles. The smallest absolute Gasteiger partial charge is 0.126 e. The maximum atomic E-state index is 6.01. The summed E-state index contributed by atoms with van der Waals surface area (Å²) in [6.45, 7) is 2.89. The van der Waals surface area contributed by atoms with Crippen molar-refractivity contribution in [2.45, 2.75) is 19.6 Å². The van der Waals surface area contributed by atoms with E-state index in [0.29, 0.717) is 18.2 Å². The zero-order valence-electron chi connectivity index (χ0n) is 9.79. The van der Waals surface area contributed by atoms with Crippen LogP contribution in [0.3, 0.4) is 0 Å². The van der Waals surface area contributed by atoms with Crippen LogP contribution in [0, 0.1) is 0 Å². The minimum Gasteiger partial charge on any atom is -0.382 e. The van der Waals surface area contributed by atoms with Crippen molar-refractivity contribution in [3.8, 4) is 0 Å². The molecule has 0 radical (unpaired) electrons. The fourth-order valence-electron chi connectivity index (χ4n) is 1.23. The molecule has 1 aromatic rings. The van der Waals surface area contributed by atoms with E-state index >= 15 is 0 Å². The van der Waals surface area contributed by atoms with Gasteiger partial charge >= 0.3 is 0 Å². The number of methoxy groups -OCH3 is 1. The van der Waals surface area contributed by atoms with E-state index in [2.05, 4.69) is 10.3 Å². The highest BCUT2D eigenvalue weighted by Gasteiger charge is 2.07. The summed E-state index contributed by atoms with van der Waals surface area (Å²) in [5.41, 5.74) is 0.733. The van der Waals surface area contributed by atoms with Gasteiger partial charge in [0.2, 0.25) is 0 Å². The maximum Gasteiger partial charge on any atom is 0.126 e. The van der Waals surface area contributed by atoms with E-state index in [1.807, 2.05) is 20.0 Å². The molecule has 5 heteroatoms. The normalized spacial score (nSPS) is 12.5. The van der Waals surface area contributed by atoms with Crippen molar-refractivity contribution in [2.24, 2.45) is 0 Å². The third-order valence-corrected chi connectivity index (χ3v) is 2.42. The molecule has 1 aromatic heterocycles. The molecule has 0 spiro atoms. The minimum absolute atomic E-state index is 0.0288. The van der Waals surface area contributed by atoms with Crippen molar-refractivity contribution < 1.29 is 9.47 Å². The van der Waals surface area contributed by atoms with Crippen molar-refractivity contribution in [3.05, 3.63) is 22.8 Å². The summed E-state index contributed by atoms with van der Waals surface area (Å²) in [6.07, 6.45) is 0.0288. The van der Waals surface area contributed by atoms with Gasteiger partial charge in [-0.3, -0.25) is 0 Å². The van der Waals surface area contributed by atoms with Crippen LogP contribution in [0.1, 0.15) is 12.6 Å². The lowest BCUT2D eigenvalue weighted by atomic mass is 10.3. The molecule has 0 aliphatic heterocycles. The highest BCUT2D eigenvalue weighted by Crippen LogP contribution is 2.17. The highest BCUT2D eigenvalue weighted by atomic mass is 35.5. The van der Waals surface area contributed by atoms with Crippen molar-refractivity contribution in [3.63, 3.8) is 0 Å². The van der Waals surface area contributed by atoms with Gasteiger partial charge in [0.05, 0.1) is 30.0 Å². The lowest BCUT2D eigenvalue weighted by molar-refractivity contribution is -0.00129. The molecule has 1 atom stereocenters. The number of halogens is 1. The van der Waals surface area contributed by atoms with Gasteiger partial charge in [-0.15, -0.1) is 0 Å². The second-order valence-electron chi connectivity index (χ2n) is 3.45. The van der Waals surface area contributed by atoms with E-state index in [9.17, 15) is 0 Å². The predicted octanol–water partition coefficient (Wildman–Crippen LogP) is 2.33. The van der Waals surface area contributed by atoms with E-state index in [1.165, 1.54) is 0 Å². The van der Waals surface area contributed by atoms with Gasteiger partial charge < -0.3 is 14.8 Å². The maximum absolute atomic E-state index is 6.01. The highest BCUT2D eigenvalue weighted by molar-refractivity contribution is 6.31. The number of anilines is 1. The van der Waals surface area contributed by atoms with Gasteiger partial charge in [-0.2, -0.15) is 0 Å². The van der Waals surface area contributed by atoms with E-state index in [4.69, 9.17) is 21.1 Å². The summed E-state index contributed by atoms with van der Waals surface area (Å²) in [4.78, 5) is 4.31. The molecule has 0 aliphatic rings. The third kappa shape index (κ3) is 3.96. The van der Waals surface area contributed by atoms with Gasteiger partial charge in [-0.05, 0) is 19.1 Å². The fraction of sp³-hybridized carbons (Fsp3) is 0.545. The van der Waals surface area contributed by atoms with Crippen LogP contribution in [0.4, 0.5) is 5.82 Å². The molecular weight excluding hydrogens is 228 g/mol. The Morgan fingerprint density at radius 1 is 1.50 bits per heavy atom. The van der Waals surface area contributed by atoms with Crippen molar-refractivity contribution >= 4 is 17.4 Å². The topological polar surface area (TPSA) is 43.4 Å². The van der Waals surface area contributed by atoms with Crippen LogP contribution < -0.4 is 5.32 Å². The fourth-order valence-corrected chi connectivity index (χ4v) is 1.39. The van der Waals surface area contributed by atoms with Gasteiger partial charge in [-0.1, -0.05) is 11.6 Å². The average Bonchev–Trinajstić information content (AvgIpc) is 2.28. The van der Waals surface area contributed by atoms with Crippen molar-refractivity contribution in [1.82, 2.24) is 4.98 Å². The molecule has 0 aliphatic carbocycles. The number of ether oxygens (including phenoxy) is 2. The Morgan fingerprint density at radius 3 is 2.88 bits per heavy atom. The molecule has 0 bridgehead atoms. The number of nitrogens with zero attached hydrogens (tertiary/aromatic N) is 1. The first-order valence-corrected chi connectivity index (χ1v) is 5.49. The van der Waals surface area contributed by atoms with Crippen molar-refractivity contribution in [2.75, 3.05) is 26.1 Å². The summed E-state index contributed by atoms with van der Waals surface area (Å²) >= 11 is 6.01. The second-order valence-corrected chi connectivity index (χ2v) is 3.86. The Kier molecular flexibility index (Phi) is 5.52. The Hall–Kier alpha value is -0.840. The molecule has 0 fully saturated rings. The Bertz CT molecular complexity index is 334. The van der Waals surface area contributed by atoms with E-state index in [-0.39, 0.29) is 6.10 Å². The van der Waals surface area contributed by atoms with Crippen LogP contribution >= 0.6 is 11.6 Å². The summed E-state index contributed by atoms with van der Waals surface area (Å²) in [5, 5.41) is 3.57. The second kappa shape index (κ2) is 6.68. The van der Waals surface area contributed by atoms with Crippen LogP contribution in [-0.4, -0.2) is 31.9 Å². The SMILES string of the molecule is CNc1ccc(Cl)c(COC(C)COC)n1. The standard InChI is InChI=1S/C11H17ClN2O2/c1-8(6-15-3)16-7-10-9(12)4-5-11(13-2)14-10/h4-5,8H,6-7H2,1-3H3,(H,13,14). The summed E-state index contributed by atoms with van der Waals surface area (Å²) in [7, 11) is 3.46. The molecule has 4 nitrogen and oxygen atoms in total. The molecule has 0 saturated carbocycles. The molecule has 1 N–H and O–H groups in total. The lowest BCUT2D eigenvalue weighted by Gasteiger charge is -2.12. The van der Waals surface area contributed by atoms with E-state index < -0.39 is 0 Å². The van der Waals surface area contributed by atoms with Crippen LogP contribution in [0.25, 0.3) is 0 Å². The van der Waals surface area contributed by atoms with Gasteiger partial charge in [0.25, 0.3) is 0 Å². The summed E-state index contributed by atoms with van der Waals surface area (Å²) in [5.74, 6) is 0.780. The molecule has 1 rings (SSSR count). The van der Waals surface area contributed by atoms with Crippen LogP contribution in [-0.2, 0) is 16.1 Å². The van der Waals surface area contributed by atoms with Crippen LogP contribution in [0.2, 0.25) is 5.02 Å². The third-order valence-electron chi connectivity index (χ3n) is 2.08. The molecule has 0 saturated heterocycles. The predicted molar refractivity (Wildman–Crippen MR) is 64.9 cm³/mol. The first-order valence-electron chi connectivity index (χ1n) is 5.11. The zero-order valence-corrected chi connectivity index (χ0v) is 10.5. The first kappa shape index (κ1) is 13.2. The Labute approximate surface area is 101 Å². The number of aromatic nitrogens is 1. The van der Waals surface area contributed by atoms with E-state index in [1.54, 1.807) is 13.2 Å². The quantitative estimate of drug-likeness (QED) is 0.834. The minimum atomic E-state index is 0.0288. The Morgan fingerprint density at radius 2 is 2.25 bits per heavy atom. The molecule has 1 unspecified atom stereocenters. The summed E-state index contributed by atoms with van der Waals surface area (Å²) < 4.78 is 10.5. The Balaban J connectivity index is 2.58. The number of hydrogen-bond donors (Lipinski definition) is 1. The van der Waals surface area contributed by atoms with Crippen LogP contribution in [0.5, 0.6) is 0 Å². The zero-order chi connectivity index (χ0) is 12.0. The molecular formula is C11H17ClN2O2.